The third kappa shape index (κ3) is 2.19. The van der Waals surface area contributed by atoms with Gasteiger partial charge in [-0.05, 0) is 19.1 Å². The van der Waals surface area contributed by atoms with E-state index in [1.165, 1.54) is 13.0 Å². The molecule has 2 N–H and O–H groups in total. The Kier molecular flexibility index (Phi) is 2.85. The van der Waals surface area contributed by atoms with Crippen molar-refractivity contribution in [2.75, 3.05) is 0 Å². The van der Waals surface area contributed by atoms with Gasteiger partial charge < -0.3 is 10.2 Å². The van der Waals surface area contributed by atoms with E-state index in [2.05, 4.69) is 0 Å². The highest BCUT2D eigenvalue weighted by atomic mass is 16.4. The second-order valence-electron chi connectivity index (χ2n) is 2.93. The largest absolute Gasteiger partial charge is 0.478 e. The van der Waals surface area contributed by atoms with E-state index in [0.29, 0.717) is 0 Å². The monoisotopic (exact) mass is 208 g/mol. The number of carboxylic acid groups (broad SMARTS) is 2. The van der Waals surface area contributed by atoms with E-state index in [1.54, 1.807) is 0 Å². The normalized spacial score (nSPS) is 9.67. The number of hydrogen-bond donors (Lipinski definition) is 2. The number of carbonyl (C=O) groups is 3. The van der Waals surface area contributed by atoms with Crippen LogP contribution in [-0.2, 0) is 0 Å². The molecule has 1 rings (SSSR count). The van der Waals surface area contributed by atoms with E-state index in [-0.39, 0.29) is 22.5 Å². The molecule has 0 aliphatic carbocycles. The van der Waals surface area contributed by atoms with Crippen molar-refractivity contribution in [2.24, 2.45) is 0 Å². The third-order valence-electron chi connectivity index (χ3n) is 1.89. The van der Waals surface area contributed by atoms with Crippen molar-refractivity contribution in [3.05, 3.63) is 34.9 Å². The fourth-order valence-corrected chi connectivity index (χ4v) is 1.13. The Morgan fingerprint density at radius 2 is 1.53 bits per heavy atom. The molecule has 1 aromatic rings. The molecule has 0 aromatic heterocycles. The van der Waals surface area contributed by atoms with E-state index < -0.39 is 11.9 Å². The summed E-state index contributed by atoms with van der Waals surface area (Å²) in [5.74, 6) is -3.01. The molecule has 5 heteroatoms. The quantitative estimate of drug-likeness (QED) is 0.730. The molecule has 0 spiro atoms. The Labute approximate surface area is 85.0 Å². The van der Waals surface area contributed by atoms with E-state index in [4.69, 9.17) is 10.2 Å². The molecule has 0 saturated heterocycles. The third-order valence-corrected chi connectivity index (χ3v) is 1.89. The molecule has 0 fully saturated rings. The van der Waals surface area contributed by atoms with Crippen LogP contribution >= 0.6 is 0 Å². The second kappa shape index (κ2) is 3.91. The van der Waals surface area contributed by atoms with Crippen molar-refractivity contribution in [2.45, 2.75) is 6.92 Å². The first kappa shape index (κ1) is 10.9. The molecule has 78 valence electrons. The van der Waals surface area contributed by atoms with Gasteiger partial charge in [0.25, 0.3) is 0 Å². The van der Waals surface area contributed by atoms with Gasteiger partial charge >= 0.3 is 11.9 Å². The number of rotatable bonds is 3. The van der Waals surface area contributed by atoms with Gasteiger partial charge in [0.05, 0.1) is 11.1 Å². The molecule has 0 unspecified atom stereocenters. The maximum absolute atomic E-state index is 11.0. The van der Waals surface area contributed by atoms with E-state index in [9.17, 15) is 14.4 Å². The number of benzene rings is 1. The first-order valence-corrected chi connectivity index (χ1v) is 4.05. The zero-order valence-corrected chi connectivity index (χ0v) is 7.85. The summed E-state index contributed by atoms with van der Waals surface area (Å²) in [4.78, 5) is 32.3. The summed E-state index contributed by atoms with van der Waals surface area (Å²) in [5, 5.41) is 17.4. The lowest BCUT2D eigenvalue weighted by Crippen LogP contribution is -2.09. The molecule has 15 heavy (non-hydrogen) atoms. The maximum Gasteiger partial charge on any atom is 0.336 e. The highest BCUT2D eigenvalue weighted by Crippen LogP contribution is 2.13. The van der Waals surface area contributed by atoms with Crippen LogP contribution in [0.3, 0.4) is 0 Å². The number of ketones is 1. The van der Waals surface area contributed by atoms with Crippen molar-refractivity contribution < 1.29 is 24.6 Å². The van der Waals surface area contributed by atoms with Crippen molar-refractivity contribution in [1.82, 2.24) is 0 Å². The van der Waals surface area contributed by atoms with Gasteiger partial charge in [-0.25, -0.2) is 9.59 Å². The summed E-state index contributed by atoms with van der Waals surface area (Å²) < 4.78 is 0. The van der Waals surface area contributed by atoms with E-state index in [1.807, 2.05) is 0 Å². The summed E-state index contributed by atoms with van der Waals surface area (Å²) in [6.45, 7) is 1.28. The number of carbonyl (C=O) groups excluding carboxylic acids is 1. The number of hydrogen-bond acceptors (Lipinski definition) is 3. The van der Waals surface area contributed by atoms with Crippen molar-refractivity contribution in [1.29, 1.82) is 0 Å². The highest BCUT2D eigenvalue weighted by Gasteiger charge is 2.17. The Hall–Kier alpha value is -2.17. The zero-order valence-electron chi connectivity index (χ0n) is 7.85. The van der Waals surface area contributed by atoms with Crippen LogP contribution in [0.1, 0.15) is 38.0 Å². The number of aromatic carboxylic acids is 2. The molecule has 5 nitrogen and oxygen atoms in total. The minimum atomic E-state index is -1.37. The molecular weight excluding hydrogens is 200 g/mol. The second-order valence-corrected chi connectivity index (χ2v) is 2.93. The molecule has 0 aliphatic heterocycles. The lowest BCUT2D eigenvalue weighted by Gasteiger charge is -2.02. The zero-order chi connectivity index (χ0) is 11.6. The predicted octanol–water partition coefficient (Wildman–Crippen LogP) is 1.29. The molecule has 0 amide bonds. The summed E-state index contributed by atoms with van der Waals surface area (Å²) in [6.07, 6.45) is 0. The molecule has 1 aromatic carbocycles. The van der Waals surface area contributed by atoms with Crippen LogP contribution < -0.4 is 0 Å². The highest BCUT2D eigenvalue weighted by molar-refractivity contribution is 6.04. The Morgan fingerprint density at radius 3 is 1.93 bits per heavy atom. The van der Waals surface area contributed by atoms with Gasteiger partial charge in [0.2, 0.25) is 0 Å². The van der Waals surface area contributed by atoms with Crippen LogP contribution in [0.25, 0.3) is 0 Å². The SMILES string of the molecule is CC(=O)c1ccc(C(=O)O)c(C(=O)O)c1. The Bertz CT molecular complexity index is 447. The lowest BCUT2D eigenvalue weighted by molar-refractivity contribution is 0.0651. The van der Waals surface area contributed by atoms with Gasteiger partial charge in [0.1, 0.15) is 0 Å². The first-order chi connectivity index (χ1) is 6.93. The summed E-state index contributed by atoms with van der Waals surface area (Å²) in [6, 6.07) is 3.47. The van der Waals surface area contributed by atoms with Crippen molar-refractivity contribution >= 4 is 17.7 Å². The van der Waals surface area contributed by atoms with Crippen LogP contribution in [0.5, 0.6) is 0 Å². The number of Topliss-reactive ketones (excluding diaryl/α,β-unsaturated/α-hetero) is 1. The van der Waals surface area contributed by atoms with Gasteiger partial charge in [0, 0.05) is 5.56 Å². The topological polar surface area (TPSA) is 91.7 Å². The smallest absolute Gasteiger partial charge is 0.336 e. The first-order valence-electron chi connectivity index (χ1n) is 4.05. The lowest BCUT2D eigenvalue weighted by atomic mass is 10.0. The van der Waals surface area contributed by atoms with Gasteiger partial charge in [0.15, 0.2) is 5.78 Å². The van der Waals surface area contributed by atoms with Gasteiger partial charge in [-0.2, -0.15) is 0 Å². The summed E-state index contributed by atoms with van der Waals surface area (Å²) in [7, 11) is 0. The summed E-state index contributed by atoms with van der Waals surface area (Å²) in [5.41, 5.74) is -0.528. The predicted molar refractivity (Wildman–Crippen MR) is 50.4 cm³/mol. The van der Waals surface area contributed by atoms with Crippen LogP contribution in [0, 0.1) is 0 Å². The number of carboxylic acids is 2. The fourth-order valence-electron chi connectivity index (χ4n) is 1.13. The molecular formula is C10H8O5. The van der Waals surface area contributed by atoms with E-state index in [0.717, 1.165) is 12.1 Å². The van der Waals surface area contributed by atoms with E-state index >= 15 is 0 Å². The van der Waals surface area contributed by atoms with Crippen LogP contribution in [0.4, 0.5) is 0 Å². The van der Waals surface area contributed by atoms with Gasteiger partial charge in [-0.1, -0.05) is 6.07 Å². The van der Waals surface area contributed by atoms with Crippen LogP contribution in [0.2, 0.25) is 0 Å². The molecule has 0 aliphatic rings. The minimum Gasteiger partial charge on any atom is -0.478 e. The fraction of sp³-hybridized carbons (Fsp3) is 0.100. The van der Waals surface area contributed by atoms with Gasteiger partial charge in [-0.15, -0.1) is 0 Å². The molecule has 0 saturated carbocycles. The van der Waals surface area contributed by atoms with Crippen molar-refractivity contribution in [3.8, 4) is 0 Å². The van der Waals surface area contributed by atoms with Crippen LogP contribution in [0.15, 0.2) is 18.2 Å². The standard InChI is InChI=1S/C10H8O5/c1-5(11)6-2-3-7(9(12)13)8(4-6)10(14)15/h2-4H,1H3,(H,12,13)(H,14,15). The molecule has 0 heterocycles. The van der Waals surface area contributed by atoms with Gasteiger partial charge in [-0.3, -0.25) is 4.79 Å². The summed E-state index contributed by atoms with van der Waals surface area (Å²) >= 11 is 0. The Balaban J connectivity index is 3.40. The molecule has 0 bridgehead atoms. The van der Waals surface area contributed by atoms with Crippen molar-refractivity contribution in [3.63, 3.8) is 0 Å². The van der Waals surface area contributed by atoms with Crippen LogP contribution in [-0.4, -0.2) is 27.9 Å². The average Bonchev–Trinajstić information content (AvgIpc) is 2.16. The minimum absolute atomic E-state index is 0.178. The Morgan fingerprint density at radius 1 is 1.00 bits per heavy atom. The molecule has 0 atom stereocenters. The maximum atomic E-state index is 11.0. The average molecular weight is 208 g/mol. The molecule has 0 radical (unpaired) electrons.